The molecular weight excluding hydrogens is 713 g/mol. The van der Waals surface area contributed by atoms with E-state index < -0.39 is 32.5 Å². The first-order valence-electron chi connectivity index (χ1n) is 21.4. The molecule has 0 aliphatic rings. The zero-order chi connectivity index (χ0) is 40.3. The number of phosphoric ester groups is 1. The monoisotopic (exact) mass is 792 g/mol. The molecule has 0 saturated heterocycles. The van der Waals surface area contributed by atoms with Crippen molar-refractivity contribution in [3.05, 3.63) is 72.9 Å². The topological polar surface area (TPSA) is 134 Å². The number of nitrogens with two attached hydrogens (primary N) is 1. The number of rotatable bonds is 39. The van der Waals surface area contributed by atoms with Gasteiger partial charge >= 0.3 is 19.8 Å². The Kier molecular flexibility index (Phi) is 39.2. The van der Waals surface area contributed by atoms with E-state index >= 15 is 0 Å². The van der Waals surface area contributed by atoms with Crippen molar-refractivity contribution in [1.82, 2.24) is 0 Å². The molecule has 0 aliphatic heterocycles. The van der Waals surface area contributed by atoms with Gasteiger partial charge in [0.25, 0.3) is 0 Å². The Hall–Kier alpha value is -2.55. The molecule has 2 atom stereocenters. The molecule has 0 fully saturated rings. The van der Waals surface area contributed by atoms with Gasteiger partial charge < -0.3 is 20.1 Å². The molecular formula is C45H78NO8P. The summed E-state index contributed by atoms with van der Waals surface area (Å²) in [5.74, 6) is -0.871. The van der Waals surface area contributed by atoms with Crippen molar-refractivity contribution in [2.45, 2.75) is 174 Å². The molecule has 0 saturated carbocycles. The Bertz CT molecular complexity index is 1130. The Morgan fingerprint density at radius 2 is 1.00 bits per heavy atom. The van der Waals surface area contributed by atoms with Gasteiger partial charge in [-0.3, -0.25) is 18.6 Å². The van der Waals surface area contributed by atoms with Crippen LogP contribution in [0.2, 0.25) is 0 Å². The molecule has 0 amide bonds. The SMILES string of the molecule is CCC=CCC=CCC=CCC=CCCCCCCC(=O)O[C@H](COC(=O)CCCCCCCCCC=CCC=CCCCCC)COP(=O)(O)OCCN. The van der Waals surface area contributed by atoms with Crippen LogP contribution in [0.15, 0.2) is 72.9 Å². The number of ether oxygens (including phenoxy) is 2. The number of esters is 2. The second-order valence-electron chi connectivity index (χ2n) is 13.8. The molecule has 0 bridgehead atoms. The third-order valence-corrected chi connectivity index (χ3v) is 9.56. The van der Waals surface area contributed by atoms with E-state index in [1.165, 1.54) is 44.9 Å². The van der Waals surface area contributed by atoms with Gasteiger partial charge in [0.1, 0.15) is 6.61 Å². The average molecular weight is 792 g/mol. The van der Waals surface area contributed by atoms with Crippen LogP contribution in [0.25, 0.3) is 0 Å². The molecule has 0 aromatic rings. The lowest BCUT2D eigenvalue weighted by Gasteiger charge is -2.19. The van der Waals surface area contributed by atoms with Gasteiger partial charge in [-0.05, 0) is 83.5 Å². The lowest BCUT2D eigenvalue weighted by molar-refractivity contribution is -0.161. The summed E-state index contributed by atoms with van der Waals surface area (Å²) >= 11 is 0. The van der Waals surface area contributed by atoms with Gasteiger partial charge in [-0.2, -0.15) is 0 Å². The molecule has 0 aromatic heterocycles. The zero-order valence-corrected chi connectivity index (χ0v) is 35.5. The van der Waals surface area contributed by atoms with E-state index in [1.807, 2.05) is 0 Å². The molecule has 316 valence electrons. The van der Waals surface area contributed by atoms with E-state index in [1.54, 1.807) is 0 Å². The van der Waals surface area contributed by atoms with Gasteiger partial charge in [0.2, 0.25) is 0 Å². The molecule has 55 heavy (non-hydrogen) atoms. The zero-order valence-electron chi connectivity index (χ0n) is 34.6. The number of carbonyl (C=O) groups excluding carboxylic acids is 2. The highest BCUT2D eigenvalue weighted by Gasteiger charge is 2.26. The number of allylic oxidation sites excluding steroid dienone is 12. The third-order valence-electron chi connectivity index (χ3n) is 8.58. The summed E-state index contributed by atoms with van der Waals surface area (Å²) in [5, 5.41) is 0. The number of phosphoric acid groups is 1. The van der Waals surface area contributed by atoms with Gasteiger partial charge in [-0.1, -0.05) is 145 Å². The second-order valence-corrected chi connectivity index (χ2v) is 15.3. The highest BCUT2D eigenvalue weighted by Crippen LogP contribution is 2.43. The molecule has 3 N–H and O–H groups in total. The largest absolute Gasteiger partial charge is 0.472 e. The van der Waals surface area contributed by atoms with E-state index in [0.29, 0.717) is 6.42 Å². The highest BCUT2D eigenvalue weighted by atomic mass is 31.2. The molecule has 0 aliphatic carbocycles. The number of hydrogen-bond donors (Lipinski definition) is 2. The summed E-state index contributed by atoms with van der Waals surface area (Å²) < 4.78 is 32.7. The summed E-state index contributed by atoms with van der Waals surface area (Å²) in [7, 11) is -4.39. The molecule has 0 radical (unpaired) electrons. The molecule has 10 heteroatoms. The third kappa shape index (κ3) is 40.9. The Morgan fingerprint density at radius 1 is 0.564 bits per heavy atom. The first-order chi connectivity index (χ1) is 26.8. The summed E-state index contributed by atoms with van der Waals surface area (Å²) in [4.78, 5) is 34.9. The summed E-state index contributed by atoms with van der Waals surface area (Å²) in [6.07, 6.45) is 49.2. The molecule has 0 heterocycles. The maximum absolute atomic E-state index is 12.6. The van der Waals surface area contributed by atoms with E-state index in [4.69, 9.17) is 24.3 Å². The lowest BCUT2D eigenvalue weighted by atomic mass is 10.1. The maximum atomic E-state index is 12.6. The smallest absolute Gasteiger partial charge is 0.462 e. The quantitative estimate of drug-likeness (QED) is 0.0270. The van der Waals surface area contributed by atoms with Crippen LogP contribution >= 0.6 is 7.82 Å². The summed E-state index contributed by atoms with van der Waals surface area (Å²) in [6, 6.07) is 0. The minimum atomic E-state index is -4.39. The fourth-order valence-electron chi connectivity index (χ4n) is 5.42. The van der Waals surface area contributed by atoms with E-state index in [2.05, 4.69) is 86.8 Å². The van der Waals surface area contributed by atoms with Gasteiger partial charge in [0.15, 0.2) is 6.10 Å². The van der Waals surface area contributed by atoms with Gasteiger partial charge in [0.05, 0.1) is 13.2 Å². The van der Waals surface area contributed by atoms with Crippen molar-refractivity contribution >= 4 is 19.8 Å². The summed E-state index contributed by atoms with van der Waals surface area (Å²) in [6.45, 7) is 3.54. The van der Waals surface area contributed by atoms with Crippen LogP contribution in [-0.2, 0) is 32.7 Å². The number of unbranched alkanes of at least 4 members (excludes halogenated alkanes) is 14. The van der Waals surface area contributed by atoms with Crippen molar-refractivity contribution in [1.29, 1.82) is 0 Å². The first kappa shape index (κ1) is 52.5. The predicted octanol–water partition coefficient (Wildman–Crippen LogP) is 12.3. The van der Waals surface area contributed by atoms with Crippen molar-refractivity contribution in [2.24, 2.45) is 5.73 Å². The molecule has 9 nitrogen and oxygen atoms in total. The van der Waals surface area contributed by atoms with Crippen LogP contribution in [-0.4, -0.2) is 49.3 Å². The van der Waals surface area contributed by atoms with Crippen LogP contribution in [0.5, 0.6) is 0 Å². The van der Waals surface area contributed by atoms with Gasteiger partial charge in [-0.25, -0.2) is 4.57 Å². The maximum Gasteiger partial charge on any atom is 0.472 e. The average Bonchev–Trinajstić information content (AvgIpc) is 3.17. The standard InChI is InChI=1S/C45H78NO8P/c1-3-5-7-9-11-13-15-17-19-21-23-25-27-29-31-33-35-37-44(47)51-41-43(42-53-55(49,50)52-40-39-46)54-45(48)38-36-34-32-30-28-26-24-22-20-18-16-14-12-10-8-6-4-2/h6,8,11-14,17-20,24,26,43H,3-5,7,9-10,15-16,21-23,25,27-42,46H2,1-2H3,(H,49,50)/t43-/m1/s1. The number of carbonyl (C=O) groups is 2. The van der Waals surface area contributed by atoms with E-state index in [9.17, 15) is 19.0 Å². The van der Waals surface area contributed by atoms with Crippen LogP contribution in [0, 0.1) is 0 Å². The van der Waals surface area contributed by atoms with Gasteiger partial charge in [0, 0.05) is 19.4 Å². The molecule has 1 unspecified atom stereocenters. The molecule has 0 spiro atoms. The van der Waals surface area contributed by atoms with Crippen molar-refractivity contribution in [3.8, 4) is 0 Å². The fourth-order valence-corrected chi connectivity index (χ4v) is 6.18. The van der Waals surface area contributed by atoms with Crippen LogP contribution in [0.1, 0.15) is 168 Å². The van der Waals surface area contributed by atoms with Crippen LogP contribution < -0.4 is 5.73 Å². The van der Waals surface area contributed by atoms with Crippen LogP contribution in [0.3, 0.4) is 0 Å². The molecule has 0 rings (SSSR count). The van der Waals surface area contributed by atoms with E-state index in [-0.39, 0.29) is 32.6 Å². The summed E-state index contributed by atoms with van der Waals surface area (Å²) in [5.41, 5.74) is 5.34. The van der Waals surface area contributed by atoms with Crippen LogP contribution in [0.4, 0.5) is 0 Å². The Labute approximate surface area is 335 Å². The fraction of sp³-hybridized carbons (Fsp3) is 0.689. The van der Waals surface area contributed by atoms with Crippen molar-refractivity contribution < 1.29 is 37.6 Å². The van der Waals surface area contributed by atoms with Gasteiger partial charge in [-0.15, -0.1) is 0 Å². The van der Waals surface area contributed by atoms with Crippen molar-refractivity contribution in [3.63, 3.8) is 0 Å². The Morgan fingerprint density at radius 3 is 1.49 bits per heavy atom. The minimum Gasteiger partial charge on any atom is -0.462 e. The van der Waals surface area contributed by atoms with E-state index in [0.717, 1.165) is 89.9 Å². The minimum absolute atomic E-state index is 0.0442. The highest BCUT2D eigenvalue weighted by molar-refractivity contribution is 7.47. The Balaban J connectivity index is 4.23. The molecule has 0 aromatic carbocycles. The normalized spacial score (nSPS) is 14.0. The van der Waals surface area contributed by atoms with Crippen molar-refractivity contribution in [2.75, 3.05) is 26.4 Å². The second kappa shape index (κ2) is 41.1. The first-order valence-corrected chi connectivity index (χ1v) is 22.9. The number of hydrogen-bond acceptors (Lipinski definition) is 8. The lowest BCUT2D eigenvalue weighted by Crippen LogP contribution is -2.29. The predicted molar refractivity (Wildman–Crippen MR) is 229 cm³/mol.